The van der Waals surface area contributed by atoms with Crippen LogP contribution < -0.4 is 22.1 Å². The Morgan fingerprint density at radius 3 is 2.43 bits per heavy atom. The van der Waals surface area contributed by atoms with E-state index in [0.29, 0.717) is 37.7 Å². The van der Waals surface area contributed by atoms with Crippen LogP contribution in [0.1, 0.15) is 46.5 Å². The number of ether oxygens (including phenoxy) is 2. The second-order valence-corrected chi connectivity index (χ2v) is 9.04. The van der Waals surface area contributed by atoms with Crippen molar-refractivity contribution in [1.82, 2.24) is 20.4 Å². The fourth-order valence-electron chi connectivity index (χ4n) is 3.64. The second kappa shape index (κ2) is 15.7. The highest BCUT2D eigenvalue weighted by Crippen LogP contribution is 2.37. The van der Waals surface area contributed by atoms with Gasteiger partial charge in [0.15, 0.2) is 0 Å². The Morgan fingerprint density at radius 2 is 1.81 bits per heavy atom. The van der Waals surface area contributed by atoms with Gasteiger partial charge in [-0.2, -0.15) is 0 Å². The number of likely N-dealkylation sites (N-methyl/N-ethyl adjacent to an activating group) is 2. The SMILES string of the molecule is C=C(C)/C(N)=C\N(C)C1(C)/C(=C\CC)C=C(NC(=O)CCCC(=O)NCCOCCOCC(N)=O)N1C. The summed E-state index contributed by atoms with van der Waals surface area (Å²) in [7, 11) is 3.86. The van der Waals surface area contributed by atoms with Gasteiger partial charge < -0.3 is 41.4 Å². The number of carbonyl (C=O) groups is 3. The molecule has 0 aromatic heterocycles. The zero-order chi connectivity index (χ0) is 28.0. The third kappa shape index (κ3) is 10.3. The second-order valence-electron chi connectivity index (χ2n) is 9.04. The van der Waals surface area contributed by atoms with Crippen molar-refractivity contribution in [2.24, 2.45) is 11.5 Å². The Bertz CT molecular complexity index is 913. The van der Waals surface area contributed by atoms with Gasteiger partial charge in [0.1, 0.15) is 18.1 Å². The predicted molar refractivity (Wildman–Crippen MR) is 143 cm³/mol. The van der Waals surface area contributed by atoms with Gasteiger partial charge in [-0.15, -0.1) is 0 Å². The highest BCUT2D eigenvalue weighted by Gasteiger charge is 2.42. The Hall–Kier alpha value is -3.31. The molecule has 0 aromatic carbocycles. The molecule has 11 heteroatoms. The van der Waals surface area contributed by atoms with Crippen LogP contribution in [0.4, 0.5) is 0 Å². The van der Waals surface area contributed by atoms with Gasteiger partial charge >= 0.3 is 0 Å². The molecule has 0 spiro atoms. The monoisotopic (exact) mass is 520 g/mol. The molecule has 208 valence electrons. The molecule has 37 heavy (non-hydrogen) atoms. The summed E-state index contributed by atoms with van der Waals surface area (Å²) in [5.74, 6) is -0.162. The lowest BCUT2D eigenvalue weighted by Crippen LogP contribution is -2.53. The first-order valence-corrected chi connectivity index (χ1v) is 12.5. The molecule has 1 atom stereocenters. The Labute approximate surface area is 220 Å². The van der Waals surface area contributed by atoms with Crippen molar-refractivity contribution in [3.05, 3.63) is 47.6 Å². The predicted octanol–water partition coefficient (Wildman–Crippen LogP) is 1.06. The minimum atomic E-state index is -0.547. The van der Waals surface area contributed by atoms with Crippen LogP contribution in [0.3, 0.4) is 0 Å². The number of nitrogens with two attached hydrogens (primary N) is 2. The first-order valence-electron chi connectivity index (χ1n) is 12.5. The first kappa shape index (κ1) is 31.7. The van der Waals surface area contributed by atoms with Crippen LogP contribution in [0.25, 0.3) is 0 Å². The summed E-state index contributed by atoms with van der Waals surface area (Å²) >= 11 is 0. The standard InChI is InChI=1S/C26H44N6O5/c1-7-9-20-16-23(32(6)26(20,4)31(5)17-21(27)19(2)3)30-25(35)11-8-10-24(34)29-12-13-36-14-15-37-18-22(28)33/h9,16-17H,2,7-8,10-15,18,27H2,1,3-6H3,(H2,28,33)(H,29,34)(H,30,35)/b20-9-,21-17+. The van der Waals surface area contributed by atoms with Gasteiger partial charge in [-0.3, -0.25) is 14.4 Å². The van der Waals surface area contributed by atoms with Gasteiger partial charge in [0.25, 0.3) is 0 Å². The molecule has 0 fully saturated rings. The van der Waals surface area contributed by atoms with Gasteiger partial charge in [-0.1, -0.05) is 19.6 Å². The van der Waals surface area contributed by atoms with Crippen LogP contribution in [-0.2, 0) is 23.9 Å². The lowest BCUT2D eigenvalue weighted by atomic mass is 10.0. The summed E-state index contributed by atoms with van der Waals surface area (Å²) in [6, 6.07) is 0. The summed E-state index contributed by atoms with van der Waals surface area (Å²) in [5.41, 5.74) is 12.9. The lowest BCUT2D eigenvalue weighted by Gasteiger charge is -2.44. The Kier molecular flexibility index (Phi) is 13.5. The van der Waals surface area contributed by atoms with E-state index in [1.807, 2.05) is 43.1 Å². The number of nitrogens with one attached hydrogen (secondary N) is 2. The van der Waals surface area contributed by atoms with E-state index in [4.69, 9.17) is 20.9 Å². The number of hydrogen-bond acceptors (Lipinski definition) is 8. The van der Waals surface area contributed by atoms with E-state index in [1.165, 1.54) is 0 Å². The molecule has 3 amide bonds. The van der Waals surface area contributed by atoms with Crippen LogP contribution in [0.5, 0.6) is 0 Å². The van der Waals surface area contributed by atoms with E-state index in [2.05, 4.69) is 37.1 Å². The molecule has 1 aliphatic heterocycles. The normalized spacial score (nSPS) is 18.5. The summed E-state index contributed by atoms with van der Waals surface area (Å²) < 4.78 is 10.3. The molecule has 1 heterocycles. The number of nitrogens with zero attached hydrogens (tertiary/aromatic N) is 2. The van der Waals surface area contributed by atoms with Gasteiger partial charge in [0.05, 0.1) is 19.8 Å². The third-order valence-corrected chi connectivity index (χ3v) is 6.05. The maximum absolute atomic E-state index is 12.6. The van der Waals surface area contributed by atoms with Crippen molar-refractivity contribution in [2.45, 2.75) is 52.1 Å². The quantitative estimate of drug-likeness (QED) is 0.164. The van der Waals surface area contributed by atoms with E-state index in [0.717, 1.165) is 17.6 Å². The van der Waals surface area contributed by atoms with Gasteiger partial charge in [0.2, 0.25) is 17.7 Å². The Morgan fingerprint density at radius 1 is 1.16 bits per heavy atom. The molecule has 0 bridgehead atoms. The molecule has 1 aliphatic rings. The molecule has 0 aromatic rings. The van der Waals surface area contributed by atoms with Crippen LogP contribution in [0.2, 0.25) is 0 Å². The average molecular weight is 521 g/mol. The maximum Gasteiger partial charge on any atom is 0.243 e. The number of hydrogen-bond donors (Lipinski definition) is 4. The smallest absolute Gasteiger partial charge is 0.243 e. The van der Waals surface area contributed by atoms with Crippen molar-refractivity contribution >= 4 is 17.7 Å². The number of carbonyl (C=O) groups excluding carboxylic acids is 3. The molecule has 0 aliphatic carbocycles. The maximum atomic E-state index is 12.6. The minimum Gasteiger partial charge on any atom is -0.397 e. The first-order chi connectivity index (χ1) is 17.4. The highest BCUT2D eigenvalue weighted by atomic mass is 16.5. The van der Waals surface area contributed by atoms with Gasteiger partial charge in [-0.25, -0.2) is 0 Å². The van der Waals surface area contributed by atoms with E-state index in [9.17, 15) is 14.4 Å². The van der Waals surface area contributed by atoms with E-state index < -0.39 is 11.6 Å². The molecule has 6 N–H and O–H groups in total. The van der Waals surface area contributed by atoms with E-state index in [-0.39, 0.29) is 37.9 Å². The molecular formula is C26H44N6O5. The molecule has 0 radical (unpaired) electrons. The number of rotatable bonds is 17. The number of primary amides is 1. The topological polar surface area (TPSA) is 152 Å². The van der Waals surface area contributed by atoms with Crippen molar-refractivity contribution in [1.29, 1.82) is 0 Å². The molecule has 0 saturated heterocycles. The molecule has 1 unspecified atom stereocenters. The molecule has 11 nitrogen and oxygen atoms in total. The third-order valence-electron chi connectivity index (χ3n) is 6.05. The van der Waals surface area contributed by atoms with E-state index in [1.54, 1.807) is 0 Å². The minimum absolute atomic E-state index is 0.143. The lowest BCUT2D eigenvalue weighted by molar-refractivity contribution is -0.124. The fourth-order valence-corrected chi connectivity index (χ4v) is 3.64. The average Bonchev–Trinajstić information content (AvgIpc) is 3.06. The number of allylic oxidation sites excluding steroid dienone is 2. The fraction of sp³-hybridized carbons (Fsp3) is 0.577. The number of amides is 3. The summed E-state index contributed by atoms with van der Waals surface area (Å²) in [4.78, 5) is 39.2. The van der Waals surface area contributed by atoms with Crippen molar-refractivity contribution in [3.63, 3.8) is 0 Å². The summed E-state index contributed by atoms with van der Waals surface area (Å²) in [6.45, 7) is 11.0. The van der Waals surface area contributed by atoms with Crippen LogP contribution in [0.15, 0.2) is 47.6 Å². The Balaban J connectivity index is 2.48. The van der Waals surface area contributed by atoms with E-state index >= 15 is 0 Å². The summed E-state index contributed by atoms with van der Waals surface area (Å²) in [5, 5.41) is 5.73. The molecular weight excluding hydrogens is 476 g/mol. The largest absolute Gasteiger partial charge is 0.397 e. The van der Waals surface area contributed by atoms with Crippen molar-refractivity contribution < 1.29 is 23.9 Å². The van der Waals surface area contributed by atoms with Gasteiger partial charge in [0, 0.05) is 45.4 Å². The zero-order valence-electron chi connectivity index (χ0n) is 22.9. The van der Waals surface area contributed by atoms with Crippen LogP contribution >= 0.6 is 0 Å². The molecule has 1 rings (SSSR count). The highest BCUT2D eigenvalue weighted by molar-refractivity contribution is 5.80. The molecule has 0 saturated carbocycles. The summed E-state index contributed by atoms with van der Waals surface area (Å²) in [6.07, 6.45) is 7.65. The van der Waals surface area contributed by atoms with Crippen LogP contribution in [0, 0.1) is 0 Å². The zero-order valence-corrected chi connectivity index (χ0v) is 22.9. The van der Waals surface area contributed by atoms with Crippen LogP contribution in [-0.4, -0.2) is 80.3 Å². The van der Waals surface area contributed by atoms with Gasteiger partial charge in [-0.05, 0) is 43.9 Å². The van der Waals surface area contributed by atoms with Crippen molar-refractivity contribution in [2.75, 3.05) is 47.1 Å². The van der Waals surface area contributed by atoms with Crippen molar-refractivity contribution in [3.8, 4) is 0 Å².